The molecular weight excluding hydrogens is 386 g/mol. The maximum atomic E-state index is 11.1. The predicted molar refractivity (Wildman–Crippen MR) is 116 cm³/mol. The van der Waals surface area contributed by atoms with Gasteiger partial charge in [-0.05, 0) is 61.7 Å². The summed E-state index contributed by atoms with van der Waals surface area (Å²) in [6.45, 7) is 4.30. The van der Waals surface area contributed by atoms with Gasteiger partial charge in [0.25, 0.3) is 0 Å². The Morgan fingerprint density at radius 2 is 2.07 bits per heavy atom. The first-order chi connectivity index (χ1) is 13.6. The molecule has 0 saturated carbocycles. The fraction of sp³-hybridized carbons (Fsp3) is 0.391. The summed E-state index contributed by atoms with van der Waals surface area (Å²) >= 11 is 0. The molecular formula is C23H26ClN3O2. The molecule has 0 spiro atoms. The second kappa shape index (κ2) is 9.30. The van der Waals surface area contributed by atoms with Crippen LogP contribution in [0.3, 0.4) is 0 Å². The number of likely N-dealkylation sites (tertiary alicyclic amines) is 1. The van der Waals surface area contributed by atoms with Crippen LogP contribution in [0.25, 0.3) is 0 Å². The summed E-state index contributed by atoms with van der Waals surface area (Å²) in [7, 11) is 0. The molecule has 2 heterocycles. The van der Waals surface area contributed by atoms with Crippen molar-refractivity contribution >= 4 is 24.0 Å². The van der Waals surface area contributed by atoms with E-state index in [2.05, 4.69) is 28.4 Å². The summed E-state index contributed by atoms with van der Waals surface area (Å²) in [5.41, 5.74) is 4.00. The van der Waals surface area contributed by atoms with E-state index in [-0.39, 0.29) is 18.3 Å². The Morgan fingerprint density at radius 1 is 1.28 bits per heavy atom. The Morgan fingerprint density at radius 3 is 2.79 bits per heavy atom. The minimum absolute atomic E-state index is 0. The lowest BCUT2D eigenvalue weighted by Gasteiger charge is -2.44. The van der Waals surface area contributed by atoms with E-state index >= 15 is 0 Å². The first kappa shape index (κ1) is 21.2. The normalized spacial score (nSPS) is 20.3. The monoisotopic (exact) mass is 411 g/mol. The number of fused-ring (bicyclic) bond motifs is 3. The zero-order valence-corrected chi connectivity index (χ0v) is 17.4. The number of anilines is 1. The van der Waals surface area contributed by atoms with Crippen LogP contribution in [-0.4, -0.2) is 36.5 Å². The molecule has 2 aliphatic rings. The van der Waals surface area contributed by atoms with Crippen molar-refractivity contribution in [3.05, 3.63) is 59.2 Å². The smallest absolute Gasteiger partial charge is 0.221 e. The van der Waals surface area contributed by atoms with Crippen LogP contribution in [0.4, 0.5) is 5.69 Å². The van der Waals surface area contributed by atoms with Crippen molar-refractivity contribution < 1.29 is 9.53 Å². The van der Waals surface area contributed by atoms with Gasteiger partial charge in [-0.2, -0.15) is 5.26 Å². The third-order valence-electron chi connectivity index (χ3n) is 5.80. The standard InChI is InChI=1S/C23H25N3O2.ClH/c1-16(27)25-19-7-4-17(5-8-19)10-12-26-11-2-3-20-21-13-18(14-24)6-9-23(21)28-15-22(20)26;/h4-9,13,20,22H,2-3,10-12,15H2,1H3,(H,25,27);1H. The van der Waals surface area contributed by atoms with Crippen LogP contribution >= 0.6 is 12.4 Å². The second-order valence-corrected chi connectivity index (χ2v) is 7.66. The van der Waals surface area contributed by atoms with Gasteiger partial charge in [0.05, 0.1) is 17.7 Å². The third-order valence-corrected chi connectivity index (χ3v) is 5.80. The number of carbonyl (C=O) groups excluding carboxylic acids is 1. The van der Waals surface area contributed by atoms with Crippen molar-refractivity contribution in [2.75, 3.05) is 25.0 Å². The van der Waals surface area contributed by atoms with Gasteiger partial charge in [0.15, 0.2) is 0 Å². The third kappa shape index (κ3) is 4.72. The highest BCUT2D eigenvalue weighted by Gasteiger charge is 2.37. The van der Waals surface area contributed by atoms with E-state index in [1.54, 1.807) is 0 Å². The summed E-state index contributed by atoms with van der Waals surface area (Å²) in [4.78, 5) is 13.7. The molecule has 0 bridgehead atoms. The number of ether oxygens (including phenoxy) is 1. The van der Waals surface area contributed by atoms with Crippen molar-refractivity contribution in [3.63, 3.8) is 0 Å². The average Bonchev–Trinajstić information content (AvgIpc) is 2.72. The minimum Gasteiger partial charge on any atom is -0.492 e. The van der Waals surface area contributed by atoms with E-state index in [4.69, 9.17) is 4.74 Å². The second-order valence-electron chi connectivity index (χ2n) is 7.66. The van der Waals surface area contributed by atoms with Crippen molar-refractivity contribution in [3.8, 4) is 11.8 Å². The maximum Gasteiger partial charge on any atom is 0.221 e. The Bertz CT molecular complexity index is 907. The van der Waals surface area contributed by atoms with Gasteiger partial charge in [0.1, 0.15) is 12.4 Å². The van der Waals surface area contributed by atoms with E-state index in [9.17, 15) is 10.1 Å². The molecule has 2 aromatic rings. The van der Waals surface area contributed by atoms with Crippen LogP contribution in [-0.2, 0) is 11.2 Å². The Hall–Kier alpha value is -2.55. The first-order valence-corrected chi connectivity index (χ1v) is 9.91. The number of amides is 1. The zero-order chi connectivity index (χ0) is 19.5. The van der Waals surface area contributed by atoms with Gasteiger partial charge in [0, 0.05) is 30.6 Å². The van der Waals surface area contributed by atoms with Gasteiger partial charge in [-0.15, -0.1) is 12.4 Å². The Balaban J connectivity index is 0.00000240. The number of nitrogens with one attached hydrogen (secondary N) is 1. The number of carbonyl (C=O) groups is 1. The van der Waals surface area contributed by atoms with E-state index in [0.717, 1.165) is 37.4 Å². The number of halogens is 1. The summed E-state index contributed by atoms with van der Waals surface area (Å²) in [5.74, 6) is 1.33. The molecule has 0 aliphatic carbocycles. The lowest BCUT2D eigenvalue weighted by atomic mass is 9.81. The van der Waals surface area contributed by atoms with Crippen molar-refractivity contribution in [1.82, 2.24) is 4.90 Å². The fourth-order valence-electron chi connectivity index (χ4n) is 4.43. The van der Waals surface area contributed by atoms with Crippen LogP contribution < -0.4 is 10.1 Å². The molecule has 6 heteroatoms. The largest absolute Gasteiger partial charge is 0.492 e. The number of nitrogens with zero attached hydrogens (tertiary/aromatic N) is 2. The molecule has 1 N–H and O–H groups in total. The first-order valence-electron chi connectivity index (χ1n) is 9.91. The molecule has 29 heavy (non-hydrogen) atoms. The van der Waals surface area contributed by atoms with Gasteiger partial charge >= 0.3 is 0 Å². The molecule has 1 saturated heterocycles. The molecule has 2 aromatic carbocycles. The molecule has 2 unspecified atom stereocenters. The predicted octanol–water partition coefficient (Wildman–Crippen LogP) is 4.12. The topological polar surface area (TPSA) is 65.4 Å². The number of nitriles is 1. The highest BCUT2D eigenvalue weighted by molar-refractivity contribution is 5.88. The van der Waals surface area contributed by atoms with E-state index < -0.39 is 0 Å². The minimum atomic E-state index is -0.0516. The lowest BCUT2D eigenvalue weighted by Crippen LogP contribution is -2.50. The molecule has 5 nitrogen and oxygen atoms in total. The molecule has 1 fully saturated rings. The lowest BCUT2D eigenvalue weighted by molar-refractivity contribution is -0.114. The summed E-state index contributed by atoms with van der Waals surface area (Å²) < 4.78 is 6.04. The van der Waals surface area contributed by atoms with Crippen molar-refractivity contribution in [1.29, 1.82) is 5.26 Å². The van der Waals surface area contributed by atoms with Crippen LogP contribution in [0.15, 0.2) is 42.5 Å². The SMILES string of the molecule is CC(=O)Nc1ccc(CCN2CCCC3c4cc(C#N)ccc4OCC32)cc1.Cl. The Labute approximate surface area is 178 Å². The number of piperidine rings is 1. The van der Waals surface area contributed by atoms with Crippen LogP contribution in [0, 0.1) is 11.3 Å². The Kier molecular flexibility index (Phi) is 6.79. The quantitative estimate of drug-likeness (QED) is 0.821. The number of rotatable bonds is 4. The van der Waals surface area contributed by atoms with Gasteiger partial charge in [0.2, 0.25) is 5.91 Å². The zero-order valence-electron chi connectivity index (χ0n) is 16.6. The van der Waals surface area contributed by atoms with Crippen LogP contribution in [0.2, 0.25) is 0 Å². The fourth-order valence-corrected chi connectivity index (χ4v) is 4.43. The van der Waals surface area contributed by atoms with Crippen molar-refractivity contribution in [2.24, 2.45) is 0 Å². The molecule has 0 aromatic heterocycles. The molecule has 2 atom stereocenters. The summed E-state index contributed by atoms with van der Waals surface area (Å²) in [6, 6.07) is 16.5. The van der Waals surface area contributed by atoms with Crippen LogP contribution in [0.5, 0.6) is 5.75 Å². The van der Waals surface area contributed by atoms with E-state index in [0.29, 0.717) is 24.1 Å². The maximum absolute atomic E-state index is 11.1. The molecule has 1 amide bonds. The van der Waals surface area contributed by atoms with E-state index in [1.807, 2.05) is 30.3 Å². The number of hydrogen-bond donors (Lipinski definition) is 1. The molecule has 2 aliphatic heterocycles. The summed E-state index contributed by atoms with van der Waals surface area (Å²) in [5, 5.41) is 12.0. The van der Waals surface area contributed by atoms with Gasteiger partial charge < -0.3 is 10.1 Å². The average molecular weight is 412 g/mol. The molecule has 0 radical (unpaired) electrons. The molecule has 4 rings (SSSR count). The van der Waals surface area contributed by atoms with Gasteiger partial charge in [-0.1, -0.05) is 12.1 Å². The van der Waals surface area contributed by atoms with E-state index in [1.165, 1.54) is 24.5 Å². The van der Waals surface area contributed by atoms with Crippen LogP contribution in [0.1, 0.15) is 42.4 Å². The molecule has 152 valence electrons. The number of hydrogen-bond acceptors (Lipinski definition) is 4. The van der Waals surface area contributed by atoms with Gasteiger partial charge in [-0.25, -0.2) is 0 Å². The highest BCUT2D eigenvalue weighted by Crippen LogP contribution is 2.41. The summed E-state index contributed by atoms with van der Waals surface area (Å²) in [6.07, 6.45) is 3.28. The number of benzene rings is 2. The highest BCUT2D eigenvalue weighted by atomic mass is 35.5. The van der Waals surface area contributed by atoms with Gasteiger partial charge in [-0.3, -0.25) is 9.69 Å². The van der Waals surface area contributed by atoms with Crippen molar-refractivity contribution in [2.45, 2.75) is 38.1 Å².